The lowest BCUT2D eigenvalue weighted by Gasteiger charge is -2.07. The molecule has 10 heavy (non-hydrogen) atoms. The summed E-state index contributed by atoms with van der Waals surface area (Å²) in [6.07, 6.45) is 2.47. The van der Waals surface area contributed by atoms with Crippen LogP contribution in [0.2, 0.25) is 0 Å². The van der Waals surface area contributed by atoms with E-state index in [0.29, 0.717) is 12.8 Å². The average molecular weight is 222 g/mol. The molecule has 0 radical (unpaired) electrons. The fourth-order valence-corrected chi connectivity index (χ4v) is 1.50. The smallest absolute Gasteiger partial charge is 0.365 e. The highest BCUT2D eigenvalue weighted by Gasteiger charge is 2.24. The second kappa shape index (κ2) is 5.67. The lowest BCUT2D eigenvalue weighted by atomic mass is 10.4. The van der Waals surface area contributed by atoms with Crippen LogP contribution < -0.4 is 0 Å². The van der Waals surface area contributed by atoms with Crippen molar-refractivity contribution in [2.75, 3.05) is 12.8 Å². The van der Waals surface area contributed by atoms with E-state index in [1.165, 1.54) is 0 Å². The molecule has 1 nitrogen and oxygen atoms in total. The Hall–Kier alpha value is 1.05. The van der Waals surface area contributed by atoms with Crippen molar-refractivity contribution >= 4 is 39.2 Å². The van der Waals surface area contributed by atoms with Gasteiger partial charge in [0.25, 0.3) is 0 Å². The third-order valence-electron chi connectivity index (χ3n) is 0.908. The summed E-state index contributed by atoms with van der Waals surface area (Å²) in [7, 11) is 0. The van der Waals surface area contributed by atoms with Gasteiger partial charge in [-0.15, -0.1) is 33.2 Å². The van der Waals surface area contributed by atoms with E-state index < -0.39 is 6.00 Å². The number of halogens is 3. The maximum Gasteiger partial charge on any atom is 0.365 e. The lowest BCUT2D eigenvalue weighted by Crippen LogP contribution is -2.19. The van der Waals surface area contributed by atoms with Gasteiger partial charge in [-0.25, -0.2) is 0 Å². The van der Waals surface area contributed by atoms with Crippen LogP contribution in [0, 0.1) is 0 Å². The van der Waals surface area contributed by atoms with Crippen LogP contribution in [-0.2, 0) is 4.74 Å². The largest absolute Gasteiger partial charge is 0.381 e. The second-order valence-electron chi connectivity index (χ2n) is 2.02. The van der Waals surface area contributed by atoms with Crippen molar-refractivity contribution in [2.24, 2.45) is 0 Å². The summed E-state index contributed by atoms with van der Waals surface area (Å²) in [5.74, 6) is 0. The molecular weight excluding hydrogens is 210 g/mol. The van der Waals surface area contributed by atoms with Gasteiger partial charge in [0.15, 0.2) is 0 Å². The molecule has 0 heterocycles. The predicted molar refractivity (Wildman–Crippen MR) is 49.0 cm³/mol. The minimum atomic E-state index is -2.51. The molecule has 0 aliphatic rings. The first-order valence-electron chi connectivity index (χ1n) is 3.20. The van der Waals surface area contributed by atoms with Gasteiger partial charge in [-0.2, -0.15) is 0 Å². The van der Waals surface area contributed by atoms with Crippen LogP contribution in [-0.4, -0.2) is 18.8 Å². The first kappa shape index (κ1) is 11.0. The zero-order valence-electron chi connectivity index (χ0n) is 5.87. The highest BCUT2D eigenvalue weighted by molar-refractivity contribution is 7.64. The number of hydrogen-bond acceptors (Lipinski definition) is 1. The molecule has 0 rings (SSSR count). The number of hydrogen-bond donors (Lipinski definition) is 0. The van der Waals surface area contributed by atoms with E-state index in [1.807, 2.05) is 0 Å². The Morgan fingerprint density at radius 3 is 2.30 bits per heavy atom. The molecule has 0 N–H and O–H groups in total. The molecule has 0 atom stereocenters. The van der Waals surface area contributed by atoms with Crippen molar-refractivity contribution in [3.8, 4) is 0 Å². The van der Waals surface area contributed by atoms with Crippen LogP contribution in [0.15, 0.2) is 0 Å². The summed E-state index contributed by atoms with van der Waals surface area (Å²) in [5, 5.41) is 0. The van der Waals surface area contributed by atoms with Crippen LogP contribution in [0.25, 0.3) is 0 Å². The molecule has 0 saturated heterocycles. The Morgan fingerprint density at radius 2 is 1.90 bits per heavy atom. The molecule has 0 saturated carbocycles. The number of ether oxygens (including phenoxy) is 1. The van der Waals surface area contributed by atoms with Crippen molar-refractivity contribution < 1.29 is 4.74 Å². The Balaban J connectivity index is 3.04. The molecule has 5 heteroatoms. The Morgan fingerprint density at radius 1 is 1.30 bits per heavy atom. The van der Waals surface area contributed by atoms with Gasteiger partial charge in [0.2, 0.25) is 0 Å². The molecule has 0 amide bonds. The molecule has 0 unspecified atom stereocenters. The van der Waals surface area contributed by atoms with E-state index in [1.54, 1.807) is 0 Å². The molecule has 0 aromatic carbocycles. The molecule has 0 aromatic heterocycles. The summed E-state index contributed by atoms with van der Waals surface area (Å²) in [6, 6.07) is -2.51. The summed E-state index contributed by atoms with van der Waals surface area (Å²) in [6.45, 7) is 2.80. The maximum atomic E-state index is 5.56. The summed E-state index contributed by atoms with van der Waals surface area (Å²) >= 11 is 16.7. The summed E-state index contributed by atoms with van der Waals surface area (Å²) in [5.41, 5.74) is 0. The third-order valence-corrected chi connectivity index (χ3v) is 2.42. The van der Waals surface area contributed by atoms with Gasteiger partial charge in [-0.1, -0.05) is 13.3 Å². The Labute approximate surface area is 76.7 Å². The second-order valence-corrected chi connectivity index (χ2v) is 11.1. The molecule has 0 aromatic rings. The quantitative estimate of drug-likeness (QED) is 0.394. The van der Waals surface area contributed by atoms with Crippen molar-refractivity contribution in [2.45, 2.75) is 19.8 Å². The van der Waals surface area contributed by atoms with E-state index >= 15 is 0 Å². The van der Waals surface area contributed by atoms with Gasteiger partial charge in [-0.3, -0.25) is 0 Å². The topological polar surface area (TPSA) is 9.23 Å². The van der Waals surface area contributed by atoms with Gasteiger partial charge in [0.1, 0.15) is 0 Å². The zero-order chi connectivity index (χ0) is 8.04. The minimum Gasteiger partial charge on any atom is -0.381 e. The standard InChI is InChI=1S/C5H11Cl3OSi/c1-2-3-4-9-5-10(6,7)8/h2-5H2,1H3. The Bertz CT molecular complexity index is 83.5. The third kappa shape index (κ3) is 9.05. The average Bonchev–Trinajstić information content (AvgIpc) is 1.78. The van der Waals surface area contributed by atoms with Crippen LogP contribution in [0.3, 0.4) is 0 Å². The van der Waals surface area contributed by atoms with Crippen LogP contribution in [0.5, 0.6) is 0 Å². The normalized spacial score (nSPS) is 12.0. The van der Waals surface area contributed by atoms with Crippen LogP contribution in [0.1, 0.15) is 19.8 Å². The van der Waals surface area contributed by atoms with E-state index in [2.05, 4.69) is 6.92 Å². The highest BCUT2D eigenvalue weighted by Crippen LogP contribution is 2.19. The van der Waals surface area contributed by atoms with Crippen molar-refractivity contribution in [3.63, 3.8) is 0 Å². The van der Waals surface area contributed by atoms with E-state index in [4.69, 9.17) is 38.0 Å². The van der Waals surface area contributed by atoms with E-state index in [9.17, 15) is 0 Å². The zero-order valence-corrected chi connectivity index (χ0v) is 9.14. The van der Waals surface area contributed by atoms with E-state index in [-0.39, 0.29) is 0 Å². The Kier molecular flexibility index (Phi) is 6.26. The molecule has 0 bridgehead atoms. The molecular formula is C5H11Cl3OSi. The van der Waals surface area contributed by atoms with Gasteiger partial charge < -0.3 is 4.74 Å². The molecule has 62 valence electrons. The van der Waals surface area contributed by atoms with Gasteiger partial charge in [0.05, 0.1) is 6.23 Å². The molecule has 0 spiro atoms. The minimum absolute atomic E-state index is 0.317. The summed E-state index contributed by atoms with van der Waals surface area (Å²) < 4.78 is 5.10. The van der Waals surface area contributed by atoms with Crippen molar-refractivity contribution in [3.05, 3.63) is 0 Å². The van der Waals surface area contributed by atoms with Gasteiger partial charge in [-0.05, 0) is 6.42 Å². The molecule has 0 aliphatic heterocycles. The first-order valence-corrected chi connectivity index (χ1v) is 8.45. The monoisotopic (exact) mass is 220 g/mol. The number of unbranched alkanes of at least 4 members (excludes halogenated alkanes) is 1. The molecule has 0 fully saturated rings. The predicted octanol–water partition coefficient (Wildman–Crippen LogP) is 3.00. The summed E-state index contributed by atoms with van der Waals surface area (Å²) in [4.78, 5) is 0. The SMILES string of the molecule is CCCCOC[Si](Cl)(Cl)Cl. The van der Waals surface area contributed by atoms with Crippen LogP contribution in [0.4, 0.5) is 0 Å². The molecule has 0 aliphatic carbocycles. The first-order chi connectivity index (χ1) is 4.56. The maximum absolute atomic E-state index is 5.56. The van der Waals surface area contributed by atoms with Gasteiger partial charge in [0, 0.05) is 6.61 Å². The fourth-order valence-electron chi connectivity index (χ4n) is 0.434. The fraction of sp³-hybridized carbons (Fsp3) is 1.00. The van der Waals surface area contributed by atoms with Crippen molar-refractivity contribution in [1.29, 1.82) is 0 Å². The van der Waals surface area contributed by atoms with Gasteiger partial charge >= 0.3 is 6.00 Å². The lowest BCUT2D eigenvalue weighted by molar-refractivity contribution is 0.173. The number of rotatable bonds is 5. The van der Waals surface area contributed by atoms with E-state index in [0.717, 1.165) is 12.8 Å². The van der Waals surface area contributed by atoms with Crippen molar-refractivity contribution in [1.82, 2.24) is 0 Å². The highest BCUT2D eigenvalue weighted by atomic mass is 35.8. The van der Waals surface area contributed by atoms with Crippen LogP contribution >= 0.6 is 33.2 Å².